The van der Waals surface area contributed by atoms with Gasteiger partial charge in [-0.25, -0.2) is 0 Å². The van der Waals surface area contributed by atoms with Crippen LogP contribution in [0, 0.1) is 0 Å². The van der Waals surface area contributed by atoms with Gasteiger partial charge in [-0.05, 0) is 35.7 Å². The first-order chi connectivity index (χ1) is 11.8. The molecule has 0 aliphatic carbocycles. The summed E-state index contributed by atoms with van der Waals surface area (Å²) in [4.78, 5) is 12.8. The van der Waals surface area contributed by atoms with Gasteiger partial charge in [0.25, 0.3) is 5.91 Å². The second-order valence-electron chi connectivity index (χ2n) is 5.59. The Hall–Kier alpha value is -3.33. The van der Waals surface area contributed by atoms with Crippen LogP contribution in [0.15, 0.2) is 91.3 Å². The van der Waals surface area contributed by atoms with Crippen LogP contribution in [-0.2, 0) is 0 Å². The Kier molecular flexibility index (Phi) is 3.60. The molecule has 1 N–H and O–H groups in total. The van der Waals surface area contributed by atoms with E-state index in [1.54, 1.807) is 0 Å². The Morgan fingerprint density at radius 1 is 0.750 bits per heavy atom. The minimum atomic E-state index is -0.115. The SMILES string of the molecule is O=C(Nc1cccc2ccccc12)c1ccccc1-n1cccc1. The number of fused-ring (bicyclic) bond motifs is 1. The molecule has 1 heterocycles. The van der Waals surface area contributed by atoms with Gasteiger partial charge < -0.3 is 9.88 Å². The molecule has 3 heteroatoms. The van der Waals surface area contributed by atoms with E-state index in [0.29, 0.717) is 5.56 Å². The van der Waals surface area contributed by atoms with Gasteiger partial charge in [0, 0.05) is 23.5 Å². The van der Waals surface area contributed by atoms with Crippen LogP contribution < -0.4 is 5.32 Å². The highest BCUT2D eigenvalue weighted by molar-refractivity contribution is 6.10. The molecule has 1 aromatic heterocycles. The summed E-state index contributed by atoms with van der Waals surface area (Å²) in [7, 11) is 0. The van der Waals surface area contributed by atoms with Crippen molar-refractivity contribution in [3.05, 3.63) is 96.8 Å². The maximum Gasteiger partial charge on any atom is 0.257 e. The van der Waals surface area contributed by atoms with Gasteiger partial charge in [-0.2, -0.15) is 0 Å². The van der Waals surface area contributed by atoms with Crippen LogP contribution in [0.3, 0.4) is 0 Å². The third-order valence-electron chi connectivity index (χ3n) is 4.07. The maximum atomic E-state index is 12.8. The molecular weight excluding hydrogens is 296 g/mol. The number of carbonyl (C=O) groups is 1. The van der Waals surface area contributed by atoms with E-state index in [1.165, 1.54) is 0 Å². The molecule has 3 aromatic carbocycles. The number of aromatic nitrogens is 1. The number of carbonyl (C=O) groups excluding carboxylic acids is 1. The van der Waals surface area contributed by atoms with Crippen molar-refractivity contribution in [2.45, 2.75) is 0 Å². The van der Waals surface area contributed by atoms with Crippen molar-refractivity contribution in [2.75, 3.05) is 5.32 Å². The van der Waals surface area contributed by atoms with Gasteiger partial charge in [0.1, 0.15) is 0 Å². The first kappa shape index (κ1) is 14.3. The van der Waals surface area contributed by atoms with Crippen LogP contribution >= 0.6 is 0 Å². The van der Waals surface area contributed by atoms with Crippen molar-refractivity contribution >= 4 is 22.4 Å². The summed E-state index contributed by atoms with van der Waals surface area (Å²) >= 11 is 0. The number of para-hydroxylation sites is 1. The molecule has 0 bridgehead atoms. The van der Waals surface area contributed by atoms with E-state index < -0.39 is 0 Å². The quantitative estimate of drug-likeness (QED) is 0.574. The Labute approximate surface area is 140 Å². The number of nitrogens with zero attached hydrogens (tertiary/aromatic N) is 1. The van der Waals surface area contributed by atoms with Crippen LogP contribution in [0.4, 0.5) is 5.69 Å². The van der Waals surface area contributed by atoms with Gasteiger partial charge in [0.15, 0.2) is 0 Å². The molecule has 0 radical (unpaired) electrons. The molecule has 0 atom stereocenters. The molecule has 4 rings (SSSR count). The monoisotopic (exact) mass is 312 g/mol. The number of hydrogen-bond acceptors (Lipinski definition) is 1. The maximum absolute atomic E-state index is 12.8. The highest BCUT2D eigenvalue weighted by atomic mass is 16.1. The van der Waals surface area contributed by atoms with Crippen LogP contribution in [0.1, 0.15) is 10.4 Å². The summed E-state index contributed by atoms with van der Waals surface area (Å²) < 4.78 is 1.94. The lowest BCUT2D eigenvalue weighted by Crippen LogP contribution is -2.14. The van der Waals surface area contributed by atoms with E-state index in [2.05, 4.69) is 5.32 Å². The fourth-order valence-electron chi connectivity index (χ4n) is 2.91. The topological polar surface area (TPSA) is 34.0 Å². The average molecular weight is 312 g/mol. The van der Waals surface area contributed by atoms with Crippen LogP contribution in [0.5, 0.6) is 0 Å². The fraction of sp³-hybridized carbons (Fsp3) is 0. The standard InChI is InChI=1S/C21H16N2O/c24-21(18-11-3-4-13-20(18)23-14-5-6-15-23)22-19-12-7-9-16-8-1-2-10-17(16)19/h1-15H,(H,22,24). The van der Waals surface area contributed by atoms with Crippen molar-refractivity contribution < 1.29 is 4.79 Å². The lowest BCUT2D eigenvalue weighted by Gasteiger charge is -2.12. The number of rotatable bonds is 3. The first-order valence-electron chi connectivity index (χ1n) is 7.84. The highest BCUT2D eigenvalue weighted by Crippen LogP contribution is 2.24. The number of nitrogens with one attached hydrogen (secondary N) is 1. The minimum Gasteiger partial charge on any atom is -0.323 e. The van der Waals surface area contributed by atoms with E-state index in [-0.39, 0.29) is 5.91 Å². The zero-order chi connectivity index (χ0) is 16.4. The molecule has 0 unspecified atom stereocenters. The Bertz CT molecular complexity index is 998. The van der Waals surface area contributed by atoms with Gasteiger partial charge >= 0.3 is 0 Å². The number of amides is 1. The van der Waals surface area contributed by atoms with E-state index in [4.69, 9.17) is 0 Å². The van der Waals surface area contributed by atoms with Crippen molar-refractivity contribution in [1.82, 2.24) is 4.57 Å². The zero-order valence-corrected chi connectivity index (χ0v) is 13.0. The summed E-state index contributed by atoms with van der Waals surface area (Å²) in [5.41, 5.74) is 2.32. The molecule has 116 valence electrons. The predicted octanol–water partition coefficient (Wildman–Crippen LogP) is 4.88. The first-order valence-corrected chi connectivity index (χ1v) is 7.84. The van der Waals surface area contributed by atoms with E-state index in [9.17, 15) is 4.79 Å². The Morgan fingerprint density at radius 2 is 1.46 bits per heavy atom. The molecular formula is C21H16N2O. The van der Waals surface area contributed by atoms with Crippen molar-refractivity contribution in [2.24, 2.45) is 0 Å². The lowest BCUT2D eigenvalue weighted by molar-refractivity contribution is 0.102. The summed E-state index contributed by atoms with van der Waals surface area (Å²) in [5.74, 6) is -0.115. The molecule has 0 saturated carbocycles. The smallest absolute Gasteiger partial charge is 0.257 e. The van der Waals surface area contributed by atoms with Gasteiger partial charge in [0.05, 0.1) is 11.3 Å². The fourth-order valence-corrected chi connectivity index (χ4v) is 2.91. The van der Waals surface area contributed by atoms with E-state index >= 15 is 0 Å². The number of benzene rings is 3. The molecule has 1 amide bonds. The summed E-state index contributed by atoms with van der Waals surface area (Å²) in [6, 6.07) is 25.4. The van der Waals surface area contributed by atoms with Crippen LogP contribution in [0.25, 0.3) is 16.5 Å². The third-order valence-corrected chi connectivity index (χ3v) is 4.07. The normalized spacial score (nSPS) is 10.7. The van der Waals surface area contributed by atoms with Gasteiger partial charge in [-0.15, -0.1) is 0 Å². The molecule has 3 nitrogen and oxygen atoms in total. The van der Waals surface area contributed by atoms with Crippen molar-refractivity contribution in [1.29, 1.82) is 0 Å². The van der Waals surface area contributed by atoms with E-state index in [0.717, 1.165) is 22.1 Å². The van der Waals surface area contributed by atoms with Crippen LogP contribution in [-0.4, -0.2) is 10.5 Å². The van der Waals surface area contributed by atoms with Gasteiger partial charge in [-0.1, -0.05) is 48.5 Å². The van der Waals surface area contributed by atoms with Crippen LogP contribution in [0.2, 0.25) is 0 Å². The highest BCUT2D eigenvalue weighted by Gasteiger charge is 2.13. The molecule has 4 aromatic rings. The van der Waals surface area contributed by atoms with Gasteiger partial charge in [0.2, 0.25) is 0 Å². The second kappa shape index (κ2) is 6.05. The van der Waals surface area contributed by atoms with E-state index in [1.807, 2.05) is 95.8 Å². The lowest BCUT2D eigenvalue weighted by atomic mass is 10.1. The van der Waals surface area contributed by atoms with Crippen molar-refractivity contribution in [3.63, 3.8) is 0 Å². The molecule has 24 heavy (non-hydrogen) atoms. The molecule has 0 aliphatic heterocycles. The zero-order valence-electron chi connectivity index (χ0n) is 13.0. The van der Waals surface area contributed by atoms with Crippen molar-refractivity contribution in [3.8, 4) is 5.69 Å². The van der Waals surface area contributed by atoms with Gasteiger partial charge in [-0.3, -0.25) is 4.79 Å². The Balaban J connectivity index is 1.73. The average Bonchev–Trinajstić information content (AvgIpc) is 3.16. The third kappa shape index (κ3) is 2.57. The molecule has 0 saturated heterocycles. The summed E-state index contributed by atoms with van der Waals surface area (Å²) in [5, 5.41) is 5.19. The number of anilines is 1. The number of hydrogen-bond donors (Lipinski definition) is 1. The molecule has 0 spiro atoms. The Morgan fingerprint density at radius 3 is 2.33 bits per heavy atom. The summed E-state index contributed by atoms with van der Waals surface area (Å²) in [6.07, 6.45) is 3.87. The summed E-state index contributed by atoms with van der Waals surface area (Å²) in [6.45, 7) is 0. The molecule has 0 aliphatic rings. The largest absolute Gasteiger partial charge is 0.323 e. The minimum absolute atomic E-state index is 0.115. The predicted molar refractivity (Wildman–Crippen MR) is 97.7 cm³/mol. The second-order valence-corrected chi connectivity index (χ2v) is 5.59. The molecule has 0 fully saturated rings.